The van der Waals surface area contributed by atoms with Gasteiger partial charge < -0.3 is 36.8 Å². The first-order valence-electron chi connectivity index (χ1n) is 15.2. The molecule has 0 aromatic rings. The molecule has 1 heterocycles. The molecule has 43 heavy (non-hydrogen) atoms. The second kappa shape index (κ2) is 18.4. The van der Waals surface area contributed by atoms with E-state index in [0.717, 1.165) is 6.54 Å². The van der Waals surface area contributed by atoms with Crippen molar-refractivity contribution in [3.63, 3.8) is 0 Å². The molecule has 248 valence electrons. The lowest BCUT2D eigenvalue weighted by Gasteiger charge is -2.36. The Labute approximate surface area is 257 Å². The molecule has 0 radical (unpaired) electrons. The number of carbonyl (C=O) groups excluding carboxylic acids is 6. The van der Waals surface area contributed by atoms with Crippen LogP contribution in [0.3, 0.4) is 0 Å². The van der Waals surface area contributed by atoms with Gasteiger partial charge in [-0.3, -0.25) is 28.8 Å². The minimum absolute atomic E-state index is 0.0444. The van der Waals surface area contributed by atoms with E-state index in [1.807, 2.05) is 55.5 Å². The monoisotopic (exact) mass is 611 g/mol. The molecule has 1 rings (SSSR count). The fraction of sp³-hybridized carbons (Fsp3) is 0.800. The normalized spacial score (nSPS) is 18.1. The topological polar surface area (TPSA) is 178 Å². The SMILES string of the molecule is CCC(=O)NC1CC(C)N(C(CC(C)C)C(=O)NC(C)(C)C(=O)NC(C)(C)C)C1=O.CNCC(C)NC(=O)CCNC=O. The van der Waals surface area contributed by atoms with Gasteiger partial charge in [0.2, 0.25) is 35.9 Å². The third-order valence-electron chi connectivity index (χ3n) is 6.58. The number of carbonyl (C=O) groups is 6. The molecule has 13 heteroatoms. The average Bonchev–Trinajstić information content (AvgIpc) is 3.13. The van der Waals surface area contributed by atoms with Gasteiger partial charge >= 0.3 is 0 Å². The molecule has 4 unspecified atom stereocenters. The maximum Gasteiger partial charge on any atom is 0.246 e. The maximum absolute atomic E-state index is 13.3. The fourth-order valence-electron chi connectivity index (χ4n) is 4.52. The smallest absolute Gasteiger partial charge is 0.246 e. The van der Waals surface area contributed by atoms with Crippen molar-refractivity contribution >= 4 is 35.9 Å². The van der Waals surface area contributed by atoms with Gasteiger partial charge in [-0.1, -0.05) is 20.8 Å². The van der Waals surface area contributed by atoms with Gasteiger partial charge in [-0.2, -0.15) is 0 Å². The van der Waals surface area contributed by atoms with E-state index in [9.17, 15) is 28.8 Å². The molecule has 1 saturated heterocycles. The molecule has 1 aliphatic heterocycles. The van der Waals surface area contributed by atoms with E-state index in [4.69, 9.17) is 0 Å². The summed E-state index contributed by atoms with van der Waals surface area (Å²) in [6.07, 6.45) is 2.13. The quantitative estimate of drug-likeness (QED) is 0.116. The van der Waals surface area contributed by atoms with Crippen molar-refractivity contribution in [3.8, 4) is 0 Å². The number of likely N-dealkylation sites (tertiary alicyclic amines) is 1. The van der Waals surface area contributed by atoms with Crippen LogP contribution in [0.2, 0.25) is 0 Å². The van der Waals surface area contributed by atoms with Gasteiger partial charge in [0.15, 0.2) is 0 Å². The molecule has 6 amide bonds. The van der Waals surface area contributed by atoms with Crippen LogP contribution in [0.25, 0.3) is 0 Å². The number of likely N-dealkylation sites (N-methyl/N-ethyl adjacent to an activating group) is 1. The second-order valence-electron chi connectivity index (χ2n) is 13.1. The van der Waals surface area contributed by atoms with Crippen LogP contribution < -0.4 is 31.9 Å². The summed E-state index contributed by atoms with van der Waals surface area (Å²) < 4.78 is 0. The number of nitrogens with one attached hydrogen (secondary N) is 6. The molecule has 0 spiro atoms. The number of hydrogen-bond acceptors (Lipinski definition) is 7. The van der Waals surface area contributed by atoms with E-state index >= 15 is 0 Å². The Bertz CT molecular complexity index is 948. The Balaban J connectivity index is 0.00000114. The first-order chi connectivity index (χ1) is 19.8. The predicted octanol–water partition coefficient (Wildman–Crippen LogP) is 0.573. The molecular formula is C30H57N7O6. The molecule has 4 atom stereocenters. The molecule has 0 saturated carbocycles. The highest BCUT2D eigenvalue weighted by molar-refractivity contribution is 5.96. The van der Waals surface area contributed by atoms with E-state index < -0.39 is 23.2 Å². The van der Waals surface area contributed by atoms with Gasteiger partial charge in [0.25, 0.3) is 0 Å². The first kappa shape index (κ1) is 39.8. The van der Waals surface area contributed by atoms with Crippen molar-refractivity contribution in [1.29, 1.82) is 0 Å². The lowest BCUT2D eigenvalue weighted by Crippen LogP contribution is -2.62. The van der Waals surface area contributed by atoms with Crippen molar-refractivity contribution in [1.82, 2.24) is 36.8 Å². The maximum atomic E-state index is 13.3. The number of nitrogens with zero attached hydrogens (tertiary/aromatic N) is 1. The fourth-order valence-corrected chi connectivity index (χ4v) is 4.52. The Hall–Kier alpha value is -3.22. The molecule has 1 fully saturated rings. The Morgan fingerprint density at radius 3 is 2.12 bits per heavy atom. The van der Waals surface area contributed by atoms with Crippen molar-refractivity contribution < 1.29 is 28.8 Å². The highest BCUT2D eigenvalue weighted by atomic mass is 16.2. The van der Waals surface area contributed by atoms with Crippen molar-refractivity contribution in [3.05, 3.63) is 0 Å². The van der Waals surface area contributed by atoms with Crippen LogP contribution in [0.5, 0.6) is 0 Å². The van der Waals surface area contributed by atoms with Crippen LogP contribution in [0.1, 0.15) is 94.9 Å². The first-order valence-corrected chi connectivity index (χ1v) is 15.2. The Kier molecular flexibility index (Phi) is 17.1. The molecule has 0 aromatic heterocycles. The lowest BCUT2D eigenvalue weighted by molar-refractivity contribution is -0.143. The van der Waals surface area contributed by atoms with Crippen LogP contribution >= 0.6 is 0 Å². The van der Waals surface area contributed by atoms with Crippen LogP contribution in [-0.2, 0) is 28.8 Å². The standard InChI is InChI=1S/C22H40N4O4.C8H17N3O2/c1-10-17(27)23-15-12-14(4)26(19(15)29)16(11-13(2)3)18(28)24-22(8,9)20(30)25-21(5,6)7;1-7(5-9-2)11-8(13)3-4-10-6-12/h13-16H,10-12H2,1-9H3,(H,23,27)(H,24,28)(H,25,30);6-7,9H,3-5H2,1-2H3,(H,10,12)(H,11,13). The summed E-state index contributed by atoms with van der Waals surface area (Å²) in [7, 11) is 1.83. The summed E-state index contributed by atoms with van der Waals surface area (Å²) in [5, 5.41) is 16.6. The summed E-state index contributed by atoms with van der Waals surface area (Å²) in [5.41, 5.74) is -1.57. The summed E-state index contributed by atoms with van der Waals surface area (Å²) in [5.74, 6) is -0.969. The summed E-state index contributed by atoms with van der Waals surface area (Å²) >= 11 is 0. The van der Waals surface area contributed by atoms with Gasteiger partial charge in [0.05, 0.1) is 0 Å². The minimum Gasteiger partial charge on any atom is -0.358 e. The summed E-state index contributed by atoms with van der Waals surface area (Å²) in [6, 6.07) is -1.40. The second-order valence-corrected chi connectivity index (χ2v) is 13.1. The Morgan fingerprint density at radius 1 is 1.02 bits per heavy atom. The van der Waals surface area contributed by atoms with Gasteiger partial charge in [-0.05, 0) is 74.3 Å². The van der Waals surface area contributed by atoms with Crippen LogP contribution in [0.4, 0.5) is 0 Å². The molecule has 0 aliphatic carbocycles. The summed E-state index contributed by atoms with van der Waals surface area (Å²) in [4.78, 5) is 73.3. The lowest BCUT2D eigenvalue weighted by atomic mass is 9.97. The number of rotatable bonds is 15. The van der Waals surface area contributed by atoms with E-state index in [1.165, 1.54) is 0 Å². The van der Waals surface area contributed by atoms with Gasteiger partial charge in [-0.25, -0.2) is 0 Å². The zero-order valence-corrected chi connectivity index (χ0v) is 28.1. The third-order valence-corrected chi connectivity index (χ3v) is 6.58. The van der Waals surface area contributed by atoms with E-state index in [1.54, 1.807) is 25.7 Å². The molecule has 0 bridgehead atoms. The minimum atomic E-state index is -1.14. The van der Waals surface area contributed by atoms with Crippen LogP contribution in [0, 0.1) is 5.92 Å². The van der Waals surface area contributed by atoms with E-state index in [-0.39, 0.29) is 47.5 Å². The predicted molar refractivity (Wildman–Crippen MR) is 167 cm³/mol. The number of hydrogen-bond donors (Lipinski definition) is 6. The molecule has 6 N–H and O–H groups in total. The van der Waals surface area contributed by atoms with Crippen LogP contribution in [-0.4, -0.2) is 96.2 Å². The van der Waals surface area contributed by atoms with Crippen molar-refractivity contribution in [2.45, 2.75) is 130 Å². The highest BCUT2D eigenvalue weighted by Crippen LogP contribution is 2.26. The van der Waals surface area contributed by atoms with E-state index in [2.05, 4.69) is 31.9 Å². The molecule has 0 aromatic carbocycles. The van der Waals surface area contributed by atoms with Crippen molar-refractivity contribution in [2.75, 3.05) is 20.1 Å². The zero-order chi connectivity index (χ0) is 33.5. The largest absolute Gasteiger partial charge is 0.358 e. The Morgan fingerprint density at radius 2 is 1.63 bits per heavy atom. The molecule has 13 nitrogen and oxygen atoms in total. The van der Waals surface area contributed by atoms with Gasteiger partial charge in [0.1, 0.15) is 17.6 Å². The average molecular weight is 612 g/mol. The molecule has 1 aliphatic rings. The summed E-state index contributed by atoms with van der Waals surface area (Å²) in [6.45, 7) is 19.6. The third kappa shape index (κ3) is 15.2. The number of amides is 6. The molecular weight excluding hydrogens is 554 g/mol. The zero-order valence-electron chi connectivity index (χ0n) is 28.1. The van der Waals surface area contributed by atoms with Crippen LogP contribution in [0.15, 0.2) is 0 Å². The van der Waals surface area contributed by atoms with Crippen molar-refractivity contribution in [2.24, 2.45) is 5.92 Å². The van der Waals surface area contributed by atoms with Gasteiger partial charge in [0, 0.05) is 43.6 Å². The van der Waals surface area contributed by atoms with E-state index in [0.29, 0.717) is 38.6 Å². The van der Waals surface area contributed by atoms with Gasteiger partial charge in [-0.15, -0.1) is 0 Å². The highest BCUT2D eigenvalue weighted by Gasteiger charge is 2.45.